The van der Waals surface area contributed by atoms with Gasteiger partial charge in [-0.3, -0.25) is 30.3 Å². The molecule has 0 saturated heterocycles. The predicted molar refractivity (Wildman–Crippen MR) is 110 cm³/mol. The number of nitro groups is 2. The first-order chi connectivity index (χ1) is 13.8. The molecule has 152 valence electrons. The molecule has 1 amide bonds. The molecule has 0 spiro atoms. The van der Waals surface area contributed by atoms with Gasteiger partial charge in [0.1, 0.15) is 5.75 Å². The van der Waals surface area contributed by atoms with Crippen LogP contribution >= 0.6 is 12.2 Å². The maximum Gasteiger partial charge on any atom is 0.277 e. The van der Waals surface area contributed by atoms with E-state index in [-0.39, 0.29) is 10.7 Å². The van der Waals surface area contributed by atoms with Crippen LogP contribution in [0.5, 0.6) is 5.75 Å². The number of nitrogens with one attached hydrogen (secondary N) is 2. The number of rotatable bonds is 8. The Kier molecular flexibility index (Phi) is 7.54. The second-order valence-electron chi connectivity index (χ2n) is 5.86. The van der Waals surface area contributed by atoms with Gasteiger partial charge in [0, 0.05) is 12.1 Å². The summed E-state index contributed by atoms with van der Waals surface area (Å²) < 4.78 is 5.67. The van der Waals surface area contributed by atoms with Crippen LogP contribution in [0.4, 0.5) is 17.1 Å². The number of amides is 1. The van der Waals surface area contributed by atoms with E-state index in [1.54, 1.807) is 24.3 Å². The quantitative estimate of drug-likeness (QED) is 0.286. The second kappa shape index (κ2) is 10.1. The van der Waals surface area contributed by atoms with Crippen LogP contribution < -0.4 is 15.4 Å². The van der Waals surface area contributed by atoms with Gasteiger partial charge in [-0.1, -0.05) is 25.5 Å². The van der Waals surface area contributed by atoms with Crippen molar-refractivity contribution >= 4 is 40.3 Å². The molecule has 2 aromatic rings. The lowest BCUT2D eigenvalue weighted by molar-refractivity contribution is -0.394. The highest BCUT2D eigenvalue weighted by Crippen LogP contribution is 2.25. The smallest absolute Gasteiger partial charge is 0.277 e. The van der Waals surface area contributed by atoms with E-state index in [1.807, 2.05) is 6.92 Å². The summed E-state index contributed by atoms with van der Waals surface area (Å²) in [7, 11) is 0. The Morgan fingerprint density at radius 3 is 2.31 bits per heavy atom. The molecule has 0 bridgehead atoms. The third kappa shape index (κ3) is 6.21. The Morgan fingerprint density at radius 2 is 1.72 bits per heavy atom. The Bertz CT molecular complexity index is 917. The molecule has 0 fully saturated rings. The number of carbonyl (C=O) groups is 1. The van der Waals surface area contributed by atoms with E-state index in [4.69, 9.17) is 17.0 Å². The first-order valence-corrected chi connectivity index (χ1v) is 9.00. The van der Waals surface area contributed by atoms with Crippen molar-refractivity contribution in [2.75, 3.05) is 11.9 Å². The van der Waals surface area contributed by atoms with Gasteiger partial charge in [-0.25, -0.2) is 0 Å². The number of para-hydroxylation sites is 2. The summed E-state index contributed by atoms with van der Waals surface area (Å²) in [5.74, 6) is -0.276. The first-order valence-electron chi connectivity index (χ1n) is 8.60. The number of unbranched alkanes of at least 4 members (excludes halogenated alkanes) is 1. The molecule has 0 unspecified atom stereocenters. The number of carbonyl (C=O) groups excluding carboxylic acids is 1. The first kappa shape index (κ1) is 21.7. The summed E-state index contributed by atoms with van der Waals surface area (Å²) in [5, 5.41) is 27.0. The topological polar surface area (TPSA) is 137 Å². The monoisotopic (exact) mass is 418 g/mol. The van der Waals surface area contributed by atoms with E-state index in [1.165, 1.54) is 0 Å². The lowest BCUT2D eigenvalue weighted by Crippen LogP contribution is -2.34. The molecular formula is C18H18N4O6S. The SMILES string of the molecule is CCCCOc1ccccc1NC(=S)NC(=O)c1cc([N+](=O)[O-])cc([N+](=O)[O-])c1. The van der Waals surface area contributed by atoms with Gasteiger partial charge < -0.3 is 10.1 Å². The van der Waals surface area contributed by atoms with Crippen molar-refractivity contribution < 1.29 is 19.4 Å². The van der Waals surface area contributed by atoms with Crippen molar-refractivity contribution in [1.29, 1.82) is 0 Å². The molecule has 10 nitrogen and oxygen atoms in total. The van der Waals surface area contributed by atoms with Crippen LogP contribution in [-0.4, -0.2) is 27.5 Å². The van der Waals surface area contributed by atoms with E-state index in [0.29, 0.717) is 18.0 Å². The van der Waals surface area contributed by atoms with Gasteiger partial charge in [0.05, 0.1) is 33.8 Å². The number of nitro benzene ring substituents is 2. The summed E-state index contributed by atoms with van der Waals surface area (Å²) in [5.41, 5.74) is -0.878. The average Bonchev–Trinajstić information content (AvgIpc) is 2.68. The van der Waals surface area contributed by atoms with Crippen molar-refractivity contribution in [3.8, 4) is 5.75 Å². The standard InChI is InChI=1S/C18H18N4O6S/c1-2-3-8-28-16-7-5-4-6-15(16)19-18(29)20-17(23)12-9-13(21(24)25)11-14(10-12)22(26)27/h4-7,9-11H,2-3,8H2,1H3,(H2,19,20,23,29). The van der Waals surface area contributed by atoms with Crippen molar-refractivity contribution in [3.05, 3.63) is 68.3 Å². The van der Waals surface area contributed by atoms with Gasteiger partial charge in [0.15, 0.2) is 5.11 Å². The van der Waals surface area contributed by atoms with E-state index in [2.05, 4.69) is 10.6 Å². The van der Waals surface area contributed by atoms with Crippen molar-refractivity contribution in [3.63, 3.8) is 0 Å². The molecule has 11 heteroatoms. The molecule has 0 aromatic heterocycles. The zero-order chi connectivity index (χ0) is 21.4. The highest BCUT2D eigenvalue weighted by atomic mass is 32.1. The van der Waals surface area contributed by atoms with Crippen LogP contribution in [-0.2, 0) is 0 Å². The zero-order valence-corrected chi connectivity index (χ0v) is 16.2. The van der Waals surface area contributed by atoms with Crippen LogP contribution in [0.3, 0.4) is 0 Å². The number of hydrogen-bond acceptors (Lipinski definition) is 7. The van der Waals surface area contributed by atoms with Crippen molar-refractivity contribution in [1.82, 2.24) is 5.32 Å². The molecule has 0 aliphatic carbocycles. The fourth-order valence-corrected chi connectivity index (χ4v) is 2.49. The number of nitrogens with zero attached hydrogens (tertiary/aromatic N) is 2. The van der Waals surface area contributed by atoms with E-state index < -0.39 is 27.1 Å². The number of anilines is 1. The number of benzene rings is 2. The van der Waals surface area contributed by atoms with Gasteiger partial charge in [0.2, 0.25) is 0 Å². The minimum Gasteiger partial charge on any atom is -0.491 e. The fourth-order valence-electron chi connectivity index (χ4n) is 2.29. The zero-order valence-electron chi connectivity index (χ0n) is 15.4. The van der Waals surface area contributed by atoms with Crippen LogP contribution in [0, 0.1) is 20.2 Å². The molecule has 0 heterocycles. The van der Waals surface area contributed by atoms with Gasteiger partial charge in [-0.15, -0.1) is 0 Å². The Morgan fingerprint density at radius 1 is 1.10 bits per heavy atom. The molecule has 29 heavy (non-hydrogen) atoms. The lowest BCUT2D eigenvalue weighted by atomic mass is 10.1. The molecule has 2 aromatic carbocycles. The Balaban J connectivity index is 2.13. The minimum absolute atomic E-state index is 0.0873. The molecule has 2 rings (SSSR count). The second-order valence-corrected chi connectivity index (χ2v) is 6.27. The third-order valence-electron chi connectivity index (χ3n) is 3.70. The maximum atomic E-state index is 12.4. The van der Waals surface area contributed by atoms with E-state index in [9.17, 15) is 25.0 Å². The molecule has 0 aliphatic rings. The van der Waals surface area contributed by atoms with E-state index >= 15 is 0 Å². The number of thiocarbonyl (C=S) groups is 1. The number of non-ortho nitro benzene ring substituents is 2. The Hall–Kier alpha value is -3.60. The number of ether oxygens (including phenoxy) is 1. The molecular weight excluding hydrogens is 400 g/mol. The molecule has 2 N–H and O–H groups in total. The molecule has 0 atom stereocenters. The van der Waals surface area contributed by atoms with Crippen LogP contribution in [0.2, 0.25) is 0 Å². The lowest BCUT2D eigenvalue weighted by Gasteiger charge is -2.14. The number of hydrogen-bond donors (Lipinski definition) is 2. The maximum absolute atomic E-state index is 12.4. The predicted octanol–water partition coefficient (Wildman–Crippen LogP) is 3.81. The highest BCUT2D eigenvalue weighted by Gasteiger charge is 2.20. The molecule has 0 saturated carbocycles. The fraction of sp³-hybridized carbons (Fsp3) is 0.222. The largest absolute Gasteiger partial charge is 0.491 e. The summed E-state index contributed by atoms with van der Waals surface area (Å²) >= 11 is 5.11. The molecule has 0 radical (unpaired) electrons. The average molecular weight is 418 g/mol. The van der Waals surface area contributed by atoms with Gasteiger partial charge in [0.25, 0.3) is 17.3 Å². The van der Waals surface area contributed by atoms with E-state index in [0.717, 1.165) is 31.0 Å². The van der Waals surface area contributed by atoms with Gasteiger partial charge in [-0.05, 0) is 30.8 Å². The third-order valence-corrected chi connectivity index (χ3v) is 3.91. The van der Waals surface area contributed by atoms with Gasteiger partial charge in [-0.2, -0.15) is 0 Å². The summed E-state index contributed by atoms with van der Waals surface area (Å²) in [6, 6.07) is 9.64. The van der Waals surface area contributed by atoms with Crippen LogP contribution in [0.25, 0.3) is 0 Å². The van der Waals surface area contributed by atoms with Crippen molar-refractivity contribution in [2.24, 2.45) is 0 Å². The summed E-state index contributed by atoms with van der Waals surface area (Å²) in [4.78, 5) is 32.7. The summed E-state index contributed by atoms with van der Waals surface area (Å²) in [6.07, 6.45) is 1.85. The van der Waals surface area contributed by atoms with Gasteiger partial charge >= 0.3 is 0 Å². The minimum atomic E-state index is -0.821. The van der Waals surface area contributed by atoms with Crippen molar-refractivity contribution in [2.45, 2.75) is 19.8 Å². The van der Waals surface area contributed by atoms with Crippen LogP contribution in [0.15, 0.2) is 42.5 Å². The normalized spacial score (nSPS) is 10.1. The summed E-state index contributed by atoms with van der Waals surface area (Å²) in [6.45, 7) is 2.56. The molecule has 0 aliphatic heterocycles. The highest BCUT2D eigenvalue weighted by molar-refractivity contribution is 7.80. The Labute approximate surface area is 171 Å². The van der Waals surface area contributed by atoms with Crippen LogP contribution in [0.1, 0.15) is 30.1 Å².